The van der Waals surface area contributed by atoms with Gasteiger partial charge < -0.3 is 15.0 Å². The molecule has 1 atom stereocenters. The summed E-state index contributed by atoms with van der Waals surface area (Å²) in [6.07, 6.45) is 1.39. The van der Waals surface area contributed by atoms with Crippen LogP contribution in [0.5, 0.6) is 5.75 Å². The first-order chi connectivity index (χ1) is 14.4. The fourth-order valence-corrected chi connectivity index (χ4v) is 3.75. The van der Waals surface area contributed by atoms with E-state index in [-0.39, 0.29) is 17.9 Å². The van der Waals surface area contributed by atoms with Crippen molar-refractivity contribution in [3.63, 3.8) is 0 Å². The van der Waals surface area contributed by atoms with Gasteiger partial charge in [0.1, 0.15) is 5.75 Å². The van der Waals surface area contributed by atoms with E-state index in [0.717, 1.165) is 18.4 Å². The molecule has 1 N–H and O–H groups in total. The third-order valence-corrected chi connectivity index (χ3v) is 5.59. The predicted molar refractivity (Wildman–Crippen MR) is 119 cm³/mol. The number of carbonyl (C=O) groups excluding carboxylic acids is 2. The molecule has 1 fully saturated rings. The highest BCUT2D eigenvalue weighted by molar-refractivity contribution is 5.81. The Morgan fingerprint density at radius 2 is 1.63 bits per heavy atom. The molecule has 5 nitrogen and oxygen atoms in total. The molecule has 0 aliphatic carbocycles. The lowest BCUT2D eigenvalue weighted by Gasteiger charge is -2.34. The van der Waals surface area contributed by atoms with Crippen molar-refractivity contribution in [2.75, 3.05) is 13.1 Å². The molecule has 1 unspecified atom stereocenters. The maximum Gasteiger partial charge on any atom is 0.263 e. The summed E-state index contributed by atoms with van der Waals surface area (Å²) in [7, 11) is 0. The summed E-state index contributed by atoms with van der Waals surface area (Å²) in [6, 6.07) is 17.8. The van der Waals surface area contributed by atoms with Crippen molar-refractivity contribution in [2.45, 2.75) is 58.1 Å². The molecule has 3 rings (SSSR count). The van der Waals surface area contributed by atoms with Gasteiger partial charge in [-0.1, -0.05) is 56.3 Å². The van der Waals surface area contributed by atoms with Crippen LogP contribution in [-0.2, 0) is 16.0 Å². The van der Waals surface area contributed by atoms with Gasteiger partial charge in [-0.3, -0.25) is 9.59 Å². The van der Waals surface area contributed by atoms with E-state index >= 15 is 0 Å². The van der Waals surface area contributed by atoms with Crippen LogP contribution in [0.2, 0.25) is 0 Å². The fourth-order valence-electron chi connectivity index (χ4n) is 3.75. The molecule has 1 saturated heterocycles. The van der Waals surface area contributed by atoms with E-state index in [1.807, 2.05) is 59.5 Å². The Bertz CT molecular complexity index is 825. The van der Waals surface area contributed by atoms with Gasteiger partial charge >= 0.3 is 0 Å². The Morgan fingerprint density at radius 1 is 1.00 bits per heavy atom. The summed E-state index contributed by atoms with van der Waals surface area (Å²) in [4.78, 5) is 26.9. The zero-order valence-electron chi connectivity index (χ0n) is 18.1. The number of piperidine rings is 1. The first kappa shape index (κ1) is 21.9. The van der Waals surface area contributed by atoms with E-state index in [1.165, 1.54) is 5.56 Å². The average Bonchev–Trinajstić information content (AvgIpc) is 2.74. The van der Waals surface area contributed by atoms with Gasteiger partial charge in [0.05, 0.1) is 6.42 Å². The molecular weight excluding hydrogens is 376 g/mol. The van der Waals surface area contributed by atoms with Crippen molar-refractivity contribution in [1.82, 2.24) is 10.2 Å². The lowest BCUT2D eigenvalue weighted by atomic mass is 10.0. The molecule has 1 heterocycles. The molecule has 0 aromatic heterocycles. The van der Waals surface area contributed by atoms with E-state index in [1.54, 1.807) is 6.92 Å². The van der Waals surface area contributed by atoms with Crippen LogP contribution in [0.15, 0.2) is 54.6 Å². The van der Waals surface area contributed by atoms with Crippen LogP contribution >= 0.6 is 0 Å². The van der Waals surface area contributed by atoms with E-state index in [2.05, 4.69) is 19.2 Å². The molecule has 1 aliphatic rings. The van der Waals surface area contributed by atoms with Gasteiger partial charge in [0.2, 0.25) is 5.91 Å². The normalized spacial score (nSPS) is 15.7. The van der Waals surface area contributed by atoms with E-state index in [9.17, 15) is 9.59 Å². The van der Waals surface area contributed by atoms with Crippen molar-refractivity contribution in [2.24, 2.45) is 0 Å². The molecule has 1 aliphatic heterocycles. The smallest absolute Gasteiger partial charge is 0.263 e. The van der Waals surface area contributed by atoms with E-state index in [0.29, 0.717) is 31.2 Å². The first-order valence-electron chi connectivity index (χ1n) is 10.8. The molecule has 0 radical (unpaired) electrons. The van der Waals surface area contributed by atoms with Crippen molar-refractivity contribution in [3.8, 4) is 5.75 Å². The van der Waals surface area contributed by atoms with Gasteiger partial charge in [-0.05, 0) is 48.9 Å². The van der Waals surface area contributed by atoms with Crippen LogP contribution in [0.4, 0.5) is 0 Å². The second kappa shape index (κ2) is 10.3. The summed E-state index contributed by atoms with van der Waals surface area (Å²) >= 11 is 0. The Labute approximate surface area is 179 Å². The van der Waals surface area contributed by atoms with Crippen LogP contribution in [0.1, 0.15) is 50.7 Å². The quantitative estimate of drug-likeness (QED) is 0.755. The number of likely N-dealkylation sites (tertiary alicyclic amines) is 1. The first-order valence-corrected chi connectivity index (χ1v) is 10.8. The number of benzene rings is 2. The fraction of sp³-hybridized carbons (Fsp3) is 0.440. The highest BCUT2D eigenvalue weighted by Gasteiger charge is 2.27. The Kier molecular flexibility index (Phi) is 7.50. The predicted octanol–water partition coefficient (Wildman–Crippen LogP) is 3.93. The molecule has 30 heavy (non-hydrogen) atoms. The third-order valence-electron chi connectivity index (χ3n) is 5.59. The number of hydrogen-bond acceptors (Lipinski definition) is 3. The lowest BCUT2D eigenvalue weighted by Crippen LogP contribution is -2.49. The monoisotopic (exact) mass is 408 g/mol. The molecule has 0 bridgehead atoms. The van der Waals surface area contributed by atoms with E-state index < -0.39 is 6.10 Å². The number of ether oxygens (including phenoxy) is 1. The molecule has 2 amide bonds. The van der Waals surface area contributed by atoms with Gasteiger partial charge in [0, 0.05) is 19.1 Å². The van der Waals surface area contributed by atoms with Crippen LogP contribution < -0.4 is 10.1 Å². The van der Waals surface area contributed by atoms with Gasteiger partial charge in [-0.15, -0.1) is 0 Å². The van der Waals surface area contributed by atoms with Crippen molar-refractivity contribution in [3.05, 3.63) is 65.7 Å². The number of amides is 2. The van der Waals surface area contributed by atoms with Crippen molar-refractivity contribution < 1.29 is 14.3 Å². The molecule has 5 heteroatoms. The Hall–Kier alpha value is -2.82. The number of carbonyl (C=O) groups is 2. The topological polar surface area (TPSA) is 58.6 Å². The van der Waals surface area contributed by atoms with E-state index in [4.69, 9.17) is 4.74 Å². The highest BCUT2D eigenvalue weighted by atomic mass is 16.5. The van der Waals surface area contributed by atoms with Gasteiger partial charge in [-0.25, -0.2) is 0 Å². The summed E-state index contributed by atoms with van der Waals surface area (Å²) < 4.78 is 5.86. The molecule has 2 aromatic carbocycles. The number of nitrogens with one attached hydrogen (secondary N) is 1. The number of hydrogen-bond donors (Lipinski definition) is 1. The lowest BCUT2D eigenvalue weighted by molar-refractivity contribution is -0.139. The maximum atomic E-state index is 12.8. The van der Waals surface area contributed by atoms with Crippen molar-refractivity contribution >= 4 is 11.8 Å². The second-order valence-corrected chi connectivity index (χ2v) is 8.31. The standard InChI is InChI=1S/C25H32N2O3/c1-18(2)21-9-11-23(12-10-21)30-19(3)25(29)27-15-13-22(14-16-27)26-24(28)17-20-7-5-4-6-8-20/h4-12,18-19,22H,13-17H2,1-3H3,(H,26,28). The van der Waals surface area contributed by atoms with Crippen LogP contribution in [0.3, 0.4) is 0 Å². The zero-order chi connectivity index (χ0) is 21.5. The number of rotatable bonds is 7. The average molecular weight is 409 g/mol. The van der Waals surface area contributed by atoms with Gasteiger partial charge in [0.15, 0.2) is 6.10 Å². The minimum Gasteiger partial charge on any atom is -0.481 e. The Balaban J connectivity index is 1.43. The second-order valence-electron chi connectivity index (χ2n) is 8.31. The van der Waals surface area contributed by atoms with Crippen LogP contribution in [-0.4, -0.2) is 41.9 Å². The maximum absolute atomic E-state index is 12.8. The molecule has 2 aromatic rings. The summed E-state index contributed by atoms with van der Waals surface area (Å²) in [5.41, 5.74) is 2.26. The molecule has 0 spiro atoms. The SMILES string of the molecule is CC(Oc1ccc(C(C)C)cc1)C(=O)N1CCC(NC(=O)Cc2ccccc2)CC1. The van der Waals surface area contributed by atoms with Crippen LogP contribution in [0.25, 0.3) is 0 Å². The molecular formula is C25H32N2O3. The van der Waals surface area contributed by atoms with Gasteiger partial charge in [-0.2, -0.15) is 0 Å². The van der Waals surface area contributed by atoms with Crippen LogP contribution in [0, 0.1) is 0 Å². The molecule has 160 valence electrons. The zero-order valence-corrected chi connectivity index (χ0v) is 18.1. The van der Waals surface area contributed by atoms with Crippen molar-refractivity contribution in [1.29, 1.82) is 0 Å². The minimum atomic E-state index is -0.529. The van der Waals surface area contributed by atoms with Gasteiger partial charge in [0.25, 0.3) is 5.91 Å². The third kappa shape index (κ3) is 6.09. The Morgan fingerprint density at radius 3 is 2.23 bits per heavy atom. The largest absolute Gasteiger partial charge is 0.481 e. The highest BCUT2D eigenvalue weighted by Crippen LogP contribution is 2.20. The summed E-state index contributed by atoms with van der Waals surface area (Å²) in [5.74, 6) is 1.21. The molecule has 0 saturated carbocycles. The number of nitrogens with zero attached hydrogens (tertiary/aromatic N) is 1. The summed E-state index contributed by atoms with van der Waals surface area (Å²) in [5, 5.41) is 3.10. The summed E-state index contributed by atoms with van der Waals surface area (Å²) in [6.45, 7) is 7.36. The minimum absolute atomic E-state index is 0.00278.